The number of methoxy groups -OCH3 is 1. The van der Waals surface area contributed by atoms with E-state index in [2.05, 4.69) is 0 Å². The number of rotatable bonds is 8. The third-order valence-electron chi connectivity index (χ3n) is 3.02. The zero-order chi connectivity index (χ0) is 16.2. The summed E-state index contributed by atoms with van der Waals surface area (Å²) in [6.07, 6.45) is -1.87. The Labute approximate surface area is 129 Å². The minimum atomic E-state index is -3.35. The summed E-state index contributed by atoms with van der Waals surface area (Å²) in [6.45, 7) is 2.28. The van der Waals surface area contributed by atoms with Crippen LogP contribution in [-0.2, 0) is 35.3 Å². The van der Waals surface area contributed by atoms with Crippen LogP contribution in [-0.4, -0.2) is 66.4 Å². The van der Waals surface area contributed by atoms with E-state index in [1.54, 1.807) is 7.11 Å². The normalized spacial score (nSPS) is 32.3. The van der Waals surface area contributed by atoms with Gasteiger partial charge in [0.15, 0.2) is 6.49 Å². The van der Waals surface area contributed by atoms with E-state index >= 15 is 0 Å². The second kappa shape index (κ2) is 7.97. The van der Waals surface area contributed by atoms with Gasteiger partial charge in [0, 0.05) is 7.11 Å². The minimum Gasteiger partial charge on any atom is -0.481 e. The first-order chi connectivity index (χ1) is 9.66. The molecule has 0 saturated carbocycles. The maximum absolute atomic E-state index is 10.6. The first-order valence-electron chi connectivity index (χ1n) is 6.68. The Balaban J connectivity index is 2.67. The van der Waals surface area contributed by atoms with Gasteiger partial charge in [-0.2, -0.15) is 0 Å². The molecule has 0 radical (unpaired) electrons. The third-order valence-corrected chi connectivity index (χ3v) is 4.95. The van der Waals surface area contributed by atoms with Gasteiger partial charge >= 0.3 is 5.97 Å². The van der Waals surface area contributed by atoms with Crippen LogP contribution in [0.2, 0.25) is 0 Å². The number of hydrogen-bond donors (Lipinski definition) is 2. The number of carboxylic acid groups (broad SMARTS) is 1. The number of carbonyl (C=O) groups is 1. The highest BCUT2D eigenvalue weighted by Gasteiger charge is 2.44. The van der Waals surface area contributed by atoms with Gasteiger partial charge in [0.1, 0.15) is 24.5 Å². The van der Waals surface area contributed by atoms with E-state index in [0.29, 0.717) is 0 Å². The number of aliphatic carboxylic acids is 1. The largest absolute Gasteiger partial charge is 0.481 e. The Kier molecular flexibility index (Phi) is 7.19. The highest BCUT2D eigenvalue weighted by Crippen LogP contribution is 2.43. The average Bonchev–Trinajstić information content (AvgIpc) is 2.60. The van der Waals surface area contributed by atoms with Crippen LogP contribution in [0.1, 0.15) is 20.8 Å². The molecule has 0 spiro atoms. The molecule has 1 unspecified atom stereocenters. The molecule has 2 N–H and O–H groups in total. The average molecular weight is 342 g/mol. The van der Waals surface area contributed by atoms with Gasteiger partial charge in [0.05, 0.1) is 18.8 Å². The van der Waals surface area contributed by atoms with Crippen LogP contribution in [0.5, 0.6) is 0 Å². The molecule has 124 valence electrons. The minimum absolute atomic E-state index is 0.0252. The Bertz CT molecular complexity index is 403. The van der Waals surface area contributed by atoms with E-state index in [0.717, 1.165) is 0 Å². The van der Waals surface area contributed by atoms with Crippen molar-refractivity contribution in [3.8, 4) is 0 Å². The van der Waals surface area contributed by atoms with Gasteiger partial charge in [0.2, 0.25) is 0 Å². The van der Waals surface area contributed by atoms with Crippen molar-refractivity contribution >= 4 is 24.3 Å². The maximum atomic E-state index is 10.6. The Morgan fingerprint density at radius 3 is 2.52 bits per heavy atom. The summed E-state index contributed by atoms with van der Waals surface area (Å²) in [5.41, 5.74) is 0. The van der Waals surface area contributed by atoms with E-state index in [1.165, 1.54) is 0 Å². The van der Waals surface area contributed by atoms with Gasteiger partial charge in [-0.1, -0.05) is 0 Å². The van der Waals surface area contributed by atoms with Gasteiger partial charge in [-0.15, -0.1) is 0 Å². The summed E-state index contributed by atoms with van der Waals surface area (Å²) in [7, 11) is 1.57. The molecule has 1 aliphatic rings. The smallest absolute Gasteiger partial charge is 0.313 e. The van der Waals surface area contributed by atoms with Gasteiger partial charge in [-0.25, -0.2) is 0 Å². The zero-order valence-electron chi connectivity index (χ0n) is 12.6. The van der Waals surface area contributed by atoms with Crippen molar-refractivity contribution in [2.75, 3.05) is 19.9 Å². The van der Waals surface area contributed by atoms with Crippen LogP contribution < -0.4 is 0 Å². The molecule has 0 bridgehead atoms. The zero-order valence-corrected chi connectivity index (χ0v) is 14.3. The summed E-state index contributed by atoms with van der Waals surface area (Å²) in [5.74, 6) is -1.19. The van der Waals surface area contributed by atoms with Crippen LogP contribution in [0.25, 0.3) is 0 Å². The van der Waals surface area contributed by atoms with Crippen molar-refractivity contribution in [3.05, 3.63) is 0 Å². The highest BCUT2D eigenvalue weighted by atomic mass is 32.5. The first-order valence-corrected chi connectivity index (χ1v) is 9.54. The summed E-state index contributed by atoms with van der Waals surface area (Å²) in [6, 6.07) is 0. The quantitative estimate of drug-likeness (QED) is 0.631. The maximum Gasteiger partial charge on any atom is 0.313 e. The molecule has 7 nitrogen and oxygen atoms in total. The molecule has 0 aromatic rings. The van der Waals surface area contributed by atoms with Crippen molar-refractivity contribution in [1.29, 1.82) is 0 Å². The molecule has 21 heavy (non-hydrogen) atoms. The van der Waals surface area contributed by atoms with Crippen LogP contribution >= 0.6 is 6.49 Å². The highest BCUT2D eigenvalue weighted by molar-refractivity contribution is 8.09. The summed E-state index contributed by atoms with van der Waals surface area (Å²) < 4.78 is 22.1. The predicted octanol–water partition coefficient (Wildman–Crippen LogP) is 0.985. The lowest BCUT2D eigenvalue weighted by atomic mass is 10.1. The molecular weight excluding hydrogens is 319 g/mol. The molecular formula is C12H23O7PS. The fourth-order valence-corrected chi connectivity index (χ4v) is 3.58. The fourth-order valence-electron chi connectivity index (χ4n) is 2.25. The van der Waals surface area contributed by atoms with Crippen molar-refractivity contribution in [3.63, 3.8) is 0 Å². The summed E-state index contributed by atoms with van der Waals surface area (Å²) in [4.78, 5) is 20.4. The lowest BCUT2D eigenvalue weighted by molar-refractivity contribution is -0.134. The van der Waals surface area contributed by atoms with Crippen molar-refractivity contribution in [2.24, 2.45) is 0 Å². The molecule has 0 amide bonds. The monoisotopic (exact) mass is 342 g/mol. The predicted molar refractivity (Wildman–Crippen MR) is 80.1 cm³/mol. The molecule has 1 heterocycles. The standard InChI is InChI=1S/C12H23O7PS/c1-7(2)18-12-9(19-8(3)11(12)16-4)5-17-20(15,21)6-10(13)14/h7-9,11-12H,5-6H2,1-4H3,(H,13,14)(H,15,21)/t8-,9+,11-,12+,20?/m0/s1. The van der Waals surface area contributed by atoms with Gasteiger partial charge < -0.3 is 28.7 Å². The first kappa shape index (κ1) is 19.0. The van der Waals surface area contributed by atoms with Crippen LogP contribution in [0.15, 0.2) is 0 Å². The number of ether oxygens (including phenoxy) is 3. The second-order valence-electron chi connectivity index (χ2n) is 5.21. The molecule has 5 atom stereocenters. The lowest BCUT2D eigenvalue weighted by Crippen LogP contribution is -2.39. The van der Waals surface area contributed by atoms with Crippen molar-refractivity contribution in [2.45, 2.75) is 51.3 Å². The van der Waals surface area contributed by atoms with Crippen LogP contribution in [0.4, 0.5) is 0 Å². The molecule has 1 rings (SSSR count). The Morgan fingerprint density at radius 2 is 2.05 bits per heavy atom. The fraction of sp³-hybridized carbons (Fsp3) is 0.917. The van der Waals surface area contributed by atoms with Crippen molar-refractivity contribution < 1.29 is 33.5 Å². The van der Waals surface area contributed by atoms with Crippen LogP contribution in [0.3, 0.4) is 0 Å². The molecule has 0 aromatic heterocycles. The van der Waals surface area contributed by atoms with Crippen LogP contribution in [0, 0.1) is 0 Å². The third kappa shape index (κ3) is 5.90. The summed E-state index contributed by atoms with van der Waals surface area (Å²) in [5, 5.41) is 8.68. The number of carboxylic acids is 1. The van der Waals surface area contributed by atoms with Crippen molar-refractivity contribution in [1.82, 2.24) is 0 Å². The van der Waals surface area contributed by atoms with E-state index < -0.39 is 24.7 Å². The lowest BCUT2D eigenvalue weighted by Gasteiger charge is -2.25. The van der Waals surface area contributed by atoms with E-state index in [-0.39, 0.29) is 31.0 Å². The molecule has 0 aromatic carbocycles. The molecule has 1 fully saturated rings. The Hall–Kier alpha value is -0.0800. The molecule has 1 saturated heterocycles. The van der Waals surface area contributed by atoms with Gasteiger partial charge in [-0.05, 0) is 32.6 Å². The Morgan fingerprint density at radius 1 is 1.43 bits per heavy atom. The van der Waals surface area contributed by atoms with Gasteiger partial charge in [0.25, 0.3) is 0 Å². The van der Waals surface area contributed by atoms with Gasteiger partial charge in [-0.3, -0.25) is 4.79 Å². The number of hydrogen-bond acceptors (Lipinski definition) is 6. The summed E-state index contributed by atoms with van der Waals surface area (Å²) >= 11 is 4.80. The SMILES string of the molecule is CO[C@@H]1[C@H](OC(C)C)[C@@H](COP(O)(=S)CC(=O)O)O[C@H]1C. The second-order valence-corrected chi connectivity index (χ2v) is 8.78. The molecule has 9 heteroatoms. The van der Waals surface area contributed by atoms with E-state index in [1.807, 2.05) is 20.8 Å². The van der Waals surface area contributed by atoms with E-state index in [4.69, 9.17) is 35.6 Å². The topological polar surface area (TPSA) is 94.5 Å². The molecule has 0 aliphatic carbocycles. The molecule has 1 aliphatic heterocycles. The van der Waals surface area contributed by atoms with E-state index in [9.17, 15) is 9.69 Å².